The van der Waals surface area contributed by atoms with E-state index in [9.17, 15) is 13.6 Å². The summed E-state index contributed by atoms with van der Waals surface area (Å²) in [5, 5.41) is 4.35. The van der Waals surface area contributed by atoms with Gasteiger partial charge in [0.15, 0.2) is 5.16 Å². The lowest BCUT2D eigenvalue weighted by atomic mass is 9.81. The first-order valence-corrected chi connectivity index (χ1v) is 15.1. The van der Waals surface area contributed by atoms with E-state index in [1.165, 1.54) is 30.0 Å². The van der Waals surface area contributed by atoms with Crippen molar-refractivity contribution >= 4 is 47.1 Å². The highest BCUT2D eigenvalue weighted by molar-refractivity contribution is 7.98. The molecule has 0 spiro atoms. The summed E-state index contributed by atoms with van der Waals surface area (Å²) in [5.41, 5.74) is 3.64. The number of aromatic nitrogens is 2. The second-order valence-electron chi connectivity index (χ2n) is 10.3. The molecule has 0 atom stereocenters. The van der Waals surface area contributed by atoms with Gasteiger partial charge in [0.25, 0.3) is 5.91 Å². The van der Waals surface area contributed by atoms with Crippen LogP contribution in [0.2, 0.25) is 10.0 Å². The summed E-state index contributed by atoms with van der Waals surface area (Å²) >= 11 is 13.9. The minimum Gasteiger partial charge on any atom is -0.352 e. The molecule has 2 heterocycles. The first-order chi connectivity index (χ1) is 20.1. The second-order valence-corrected chi connectivity index (χ2v) is 12.1. The summed E-state index contributed by atoms with van der Waals surface area (Å²) in [5.74, 6) is -0.978. The Kier molecular flexibility index (Phi) is 9.16. The van der Waals surface area contributed by atoms with Gasteiger partial charge in [-0.05, 0) is 59.7 Å². The topological polar surface area (TPSA) is 59.3 Å². The molecule has 0 radical (unpaired) electrons. The highest BCUT2D eigenvalue weighted by atomic mass is 35.5. The van der Waals surface area contributed by atoms with E-state index in [4.69, 9.17) is 28.2 Å². The standard InChI is InChI=1S/C32H28Cl2F2N4OS/c1-32(2,21-6-11-26(33)27(34)17-21)29-18-39-31(40(29)24-9-7-22(35)8-10-24)42-19-20-5-12-28(36)25(16-20)30(41)38-15-13-23-4-3-14-37-23/h4-12,14,16-18H,3,13,15,19H2,1-2H3,(H,38,41). The molecular formula is C32H28Cl2F2N4OS. The number of benzene rings is 3. The van der Waals surface area contributed by atoms with Crippen molar-refractivity contribution in [3.05, 3.63) is 123 Å². The van der Waals surface area contributed by atoms with Gasteiger partial charge in [-0.1, -0.05) is 67.0 Å². The molecule has 0 saturated heterocycles. The minimum atomic E-state index is -0.585. The lowest BCUT2D eigenvalue weighted by Gasteiger charge is -2.28. The summed E-state index contributed by atoms with van der Waals surface area (Å²) < 4.78 is 30.4. The fourth-order valence-electron chi connectivity index (χ4n) is 4.71. The largest absolute Gasteiger partial charge is 0.352 e. The number of aliphatic imine (C=N–C) groups is 1. The molecule has 1 N–H and O–H groups in total. The summed E-state index contributed by atoms with van der Waals surface area (Å²) in [6.45, 7) is 4.48. The maximum absolute atomic E-state index is 14.6. The van der Waals surface area contributed by atoms with Crippen LogP contribution in [0.1, 0.15) is 53.9 Å². The van der Waals surface area contributed by atoms with E-state index in [0.29, 0.717) is 33.9 Å². The van der Waals surface area contributed by atoms with E-state index >= 15 is 0 Å². The molecule has 216 valence electrons. The number of imidazole rings is 1. The molecule has 1 aromatic heterocycles. The lowest BCUT2D eigenvalue weighted by Crippen LogP contribution is -2.25. The molecule has 0 saturated carbocycles. The Balaban J connectivity index is 1.40. The Bertz CT molecular complexity index is 1680. The van der Waals surface area contributed by atoms with Crippen LogP contribution < -0.4 is 5.32 Å². The Hall–Kier alpha value is -3.46. The van der Waals surface area contributed by atoms with Crippen LogP contribution in [-0.2, 0) is 11.2 Å². The molecule has 1 amide bonds. The predicted molar refractivity (Wildman–Crippen MR) is 166 cm³/mol. The smallest absolute Gasteiger partial charge is 0.254 e. The number of halogens is 4. The maximum Gasteiger partial charge on any atom is 0.254 e. The van der Waals surface area contributed by atoms with Crippen molar-refractivity contribution in [2.75, 3.05) is 6.54 Å². The first kappa shape index (κ1) is 30.0. The number of carbonyl (C=O) groups excluding carboxylic acids is 1. The average Bonchev–Trinajstić information content (AvgIpc) is 3.65. The number of carbonyl (C=O) groups is 1. The van der Waals surface area contributed by atoms with Crippen molar-refractivity contribution in [3.63, 3.8) is 0 Å². The van der Waals surface area contributed by atoms with Crippen LogP contribution in [0.4, 0.5) is 8.78 Å². The Morgan fingerprint density at radius 1 is 1.05 bits per heavy atom. The molecular weight excluding hydrogens is 597 g/mol. The molecule has 0 unspecified atom stereocenters. The second kappa shape index (κ2) is 12.8. The number of nitrogens with zero attached hydrogens (tertiary/aromatic N) is 3. The predicted octanol–water partition coefficient (Wildman–Crippen LogP) is 8.55. The van der Waals surface area contributed by atoms with Crippen LogP contribution in [0.25, 0.3) is 5.69 Å². The van der Waals surface area contributed by atoms with Crippen molar-refractivity contribution in [2.24, 2.45) is 4.99 Å². The molecule has 4 aromatic rings. The summed E-state index contributed by atoms with van der Waals surface area (Å²) in [7, 11) is 0. The van der Waals surface area contributed by atoms with Crippen molar-refractivity contribution in [3.8, 4) is 5.69 Å². The maximum atomic E-state index is 14.6. The average molecular weight is 626 g/mol. The van der Waals surface area contributed by atoms with E-state index in [2.05, 4.69) is 24.2 Å². The van der Waals surface area contributed by atoms with Crippen molar-refractivity contribution in [1.82, 2.24) is 14.9 Å². The van der Waals surface area contributed by atoms with Gasteiger partial charge in [-0.15, -0.1) is 0 Å². The number of allylic oxidation sites excluding steroid dienone is 1. The molecule has 42 heavy (non-hydrogen) atoms. The molecule has 0 bridgehead atoms. The highest BCUT2D eigenvalue weighted by Gasteiger charge is 2.30. The van der Waals surface area contributed by atoms with Crippen LogP contribution in [0.5, 0.6) is 0 Å². The van der Waals surface area contributed by atoms with Gasteiger partial charge in [-0.3, -0.25) is 14.4 Å². The van der Waals surface area contributed by atoms with Gasteiger partial charge in [-0.2, -0.15) is 0 Å². The van der Waals surface area contributed by atoms with Gasteiger partial charge in [0.05, 0.1) is 27.5 Å². The summed E-state index contributed by atoms with van der Waals surface area (Å²) in [6.07, 6.45) is 6.99. The van der Waals surface area contributed by atoms with Crippen molar-refractivity contribution < 1.29 is 13.6 Å². The van der Waals surface area contributed by atoms with Gasteiger partial charge in [0.1, 0.15) is 11.6 Å². The first-order valence-electron chi connectivity index (χ1n) is 13.3. The third-order valence-corrected chi connectivity index (χ3v) is 8.88. The molecule has 10 heteroatoms. The van der Waals surface area contributed by atoms with Crippen LogP contribution >= 0.6 is 35.0 Å². The van der Waals surface area contributed by atoms with Gasteiger partial charge >= 0.3 is 0 Å². The molecule has 5 nitrogen and oxygen atoms in total. The SMILES string of the molecule is CC(C)(c1ccc(Cl)c(Cl)c1)c1cnc(SCc2ccc(F)c(C(=O)NCCC3=CCC=N3)c2)n1-c1ccc(F)cc1. The van der Waals surface area contributed by atoms with Gasteiger partial charge in [0, 0.05) is 48.2 Å². The molecule has 1 aliphatic rings. The van der Waals surface area contributed by atoms with E-state index in [1.54, 1.807) is 36.5 Å². The van der Waals surface area contributed by atoms with Gasteiger partial charge in [-0.25, -0.2) is 13.8 Å². The Labute approximate surface area is 257 Å². The molecule has 0 aliphatic carbocycles. The zero-order valence-corrected chi connectivity index (χ0v) is 25.3. The van der Waals surface area contributed by atoms with E-state index in [-0.39, 0.29) is 11.4 Å². The van der Waals surface area contributed by atoms with Crippen LogP contribution in [-0.4, -0.2) is 28.2 Å². The van der Waals surface area contributed by atoms with Crippen LogP contribution in [0, 0.1) is 11.6 Å². The lowest BCUT2D eigenvalue weighted by molar-refractivity contribution is 0.0950. The molecule has 3 aromatic carbocycles. The number of rotatable bonds is 10. The normalized spacial score (nSPS) is 13.0. The van der Waals surface area contributed by atoms with Gasteiger partial charge < -0.3 is 5.32 Å². The number of nitrogens with one attached hydrogen (secondary N) is 1. The summed E-state index contributed by atoms with van der Waals surface area (Å²) in [6, 6.07) is 16.2. The quantitative estimate of drug-likeness (QED) is 0.180. The highest BCUT2D eigenvalue weighted by Crippen LogP contribution is 2.38. The molecule has 0 fully saturated rings. The van der Waals surface area contributed by atoms with E-state index < -0.39 is 17.1 Å². The Morgan fingerprint density at radius 2 is 1.83 bits per heavy atom. The van der Waals surface area contributed by atoms with E-state index in [1.807, 2.05) is 29.0 Å². The van der Waals surface area contributed by atoms with Gasteiger partial charge in [0.2, 0.25) is 0 Å². The molecule has 5 rings (SSSR count). The van der Waals surface area contributed by atoms with Crippen molar-refractivity contribution in [1.29, 1.82) is 0 Å². The molecule has 1 aliphatic heterocycles. The zero-order chi connectivity index (χ0) is 29.9. The number of hydrogen-bond acceptors (Lipinski definition) is 4. The number of hydrogen-bond donors (Lipinski definition) is 1. The third kappa shape index (κ3) is 6.61. The number of thioether (sulfide) groups is 1. The Morgan fingerprint density at radius 3 is 2.55 bits per heavy atom. The fraction of sp³-hybridized carbons (Fsp3) is 0.219. The van der Waals surface area contributed by atoms with Crippen molar-refractivity contribution in [2.45, 2.75) is 43.0 Å². The number of amides is 1. The zero-order valence-electron chi connectivity index (χ0n) is 23.0. The van der Waals surface area contributed by atoms with Crippen LogP contribution in [0.15, 0.2) is 88.8 Å². The fourth-order valence-corrected chi connectivity index (χ4v) is 5.94. The third-order valence-electron chi connectivity index (χ3n) is 7.12. The van der Waals surface area contributed by atoms with E-state index in [0.717, 1.165) is 34.6 Å². The minimum absolute atomic E-state index is 0.0136. The monoisotopic (exact) mass is 624 g/mol. The summed E-state index contributed by atoms with van der Waals surface area (Å²) in [4.78, 5) is 21.7. The van der Waals surface area contributed by atoms with Crippen LogP contribution in [0.3, 0.4) is 0 Å².